The molecule has 118 valence electrons. The maximum atomic E-state index is 12.2. The van der Waals surface area contributed by atoms with Crippen LogP contribution in [-0.4, -0.2) is 40.3 Å². The Morgan fingerprint density at radius 1 is 1.48 bits per heavy atom. The van der Waals surface area contributed by atoms with Gasteiger partial charge in [0.1, 0.15) is 4.90 Å². The van der Waals surface area contributed by atoms with Crippen LogP contribution >= 0.6 is 0 Å². The van der Waals surface area contributed by atoms with Crippen LogP contribution < -0.4 is 15.4 Å². The molecule has 6 nitrogen and oxygen atoms in total. The number of nitrogens with two attached hydrogens (primary N) is 1. The monoisotopic (exact) mass is 313 g/mol. The van der Waals surface area contributed by atoms with E-state index in [0.717, 1.165) is 32.4 Å². The molecule has 0 spiro atoms. The normalized spacial score (nSPS) is 19.7. The number of hydrogen-bond acceptors (Lipinski definition) is 5. The highest BCUT2D eigenvalue weighted by Gasteiger charge is 2.25. The Balaban J connectivity index is 2.35. The van der Waals surface area contributed by atoms with Crippen LogP contribution in [0, 0.1) is 5.92 Å². The number of aliphatic hydroxyl groups is 1. The maximum absolute atomic E-state index is 12.2. The Hall–Kier alpha value is -1.31. The average molecular weight is 313 g/mol. The zero-order chi connectivity index (χ0) is 15.5. The van der Waals surface area contributed by atoms with Gasteiger partial charge in [-0.3, -0.25) is 0 Å². The van der Waals surface area contributed by atoms with E-state index in [-0.39, 0.29) is 11.5 Å². The molecule has 0 saturated carbocycles. The Morgan fingerprint density at radius 2 is 2.24 bits per heavy atom. The van der Waals surface area contributed by atoms with Gasteiger partial charge in [0, 0.05) is 25.4 Å². The molecule has 1 atom stereocenters. The Bertz CT molecular complexity index is 587. The van der Waals surface area contributed by atoms with Crippen LogP contribution in [-0.2, 0) is 10.0 Å². The molecular weight excluding hydrogens is 290 g/mol. The quantitative estimate of drug-likeness (QED) is 0.698. The highest BCUT2D eigenvalue weighted by Crippen LogP contribution is 2.31. The molecule has 0 radical (unpaired) electrons. The second-order valence-corrected chi connectivity index (χ2v) is 7.26. The molecule has 1 fully saturated rings. The van der Waals surface area contributed by atoms with Gasteiger partial charge in [-0.1, -0.05) is 0 Å². The van der Waals surface area contributed by atoms with E-state index in [1.807, 2.05) is 0 Å². The molecule has 1 heterocycles. The third-order valence-electron chi connectivity index (χ3n) is 3.94. The molecule has 2 rings (SSSR count). The van der Waals surface area contributed by atoms with Crippen molar-refractivity contribution in [3.63, 3.8) is 0 Å². The number of sulfonamides is 1. The van der Waals surface area contributed by atoms with E-state index >= 15 is 0 Å². The van der Waals surface area contributed by atoms with Gasteiger partial charge in [-0.2, -0.15) is 0 Å². The number of hydrogen-bond donors (Lipinski definition) is 3. The van der Waals surface area contributed by atoms with Crippen molar-refractivity contribution >= 4 is 21.4 Å². The third kappa shape index (κ3) is 3.66. The van der Waals surface area contributed by atoms with Crippen LogP contribution in [0.3, 0.4) is 0 Å². The zero-order valence-corrected chi connectivity index (χ0v) is 13.1. The first-order valence-electron chi connectivity index (χ1n) is 7.17. The lowest BCUT2D eigenvalue weighted by molar-refractivity contribution is 0.244. The number of piperidine rings is 1. The lowest BCUT2D eigenvalue weighted by Gasteiger charge is -2.35. The van der Waals surface area contributed by atoms with Gasteiger partial charge in [0.15, 0.2) is 0 Å². The third-order valence-corrected chi connectivity index (χ3v) is 5.38. The number of aliphatic hydroxyl groups excluding tert-OH is 1. The number of benzene rings is 1. The fourth-order valence-electron chi connectivity index (χ4n) is 2.82. The number of rotatable bonds is 5. The molecule has 0 aliphatic carbocycles. The van der Waals surface area contributed by atoms with Crippen LogP contribution in [0.4, 0.5) is 11.4 Å². The van der Waals surface area contributed by atoms with Crippen molar-refractivity contribution in [3.8, 4) is 0 Å². The Kier molecular flexibility index (Phi) is 5.08. The Labute approximate surface area is 126 Å². The number of nitrogens with zero attached hydrogens (tertiary/aromatic N) is 1. The largest absolute Gasteiger partial charge is 0.399 e. The van der Waals surface area contributed by atoms with Crippen LogP contribution in [0.2, 0.25) is 0 Å². The number of anilines is 2. The van der Waals surface area contributed by atoms with Crippen LogP contribution in [0.1, 0.15) is 19.3 Å². The van der Waals surface area contributed by atoms with Crippen molar-refractivity contribution in [2.24, 2.45) is 5.92 Å². The number of nitrogen functional groups attached to an aromatic ring is 1. The highest BCUT2D eigenvalue weighted by atomic mass is 32.2. The Morgan fingerprint density at radius 3 is 2.90 bits per heavy atom. The van der Waals surface area contributed by atoms with Gasteiger partial charge in [-0.05, 0) is 50.4 Å². The van der Waals surface area contributed by atoms with E-state index in [0.29, 0.717) is 17.3 Å². The van der Waals surface area contributed by atoms with Crippen molar-refractivity contribution in [2.45, 2.75) is 24.2 Å². The zero-order valence-electron chi connectivity index (χ0n) is 12.2. The van der Waals surface area contributed by atoms with E-state index in [1.54, 1.807) is 12.1 Å². The van der Waals surface area contributed by atoms with Crippen LogP contribution in [0.15, 0.2) is 23.1 Å². The molecule has 0 bridgehead atoms. The van der Waals surface area contributed by atoms with E-state index in [1.165, 1.54) is 13.1 Å². The van der Waals surface area contributed by atoms with Crippen molar-refractivity contribution in [1.29, 1.82) is 0 Å². The summed E-state index contributed by atoms with van der Waals surface area (Å²) in [5.41, 5.74) is 6.85. The van der Waals surface area contributed by atoms with Gasteiger partial charge in [-0.15, -0.1) is 0 Å². The summed E-state index contributed by atoms with van der Waals surface area (Å²) in [5, 5.41) is 9.09. The lowest BCUT2D eigenvalue weighted by Crippen LogP contribution is -2.37. The predicted octanol–water partition coefficient (Wildman–Crippen LogP) is 0.776. The molecule has 4 N–H and O–H groups in total. The second kappa shape index (κ2) is 6.64. The van der Waals surface area contributed by atoms with Crippen molar-refractivity contribution in [2.75, 3.05) is 37.4 Å². The molecule has 1 aromatic rings. The predicted molar refractivity (Wildman–Crippen MR) is 83.7 cm³/mol. The molecule has 1 unspecified atom stereocenters. The number of nitrogens with one attached hydrogen (secondary N) is 1. The molecule has 0 aromatic heterocycles. The van der Waals surface area contributed by atoms with E-state index in [4.69, 9.17) is 10.8 Å². The lowest BCUT2D eigenvalue weighted by atomic mass is 9.95. The minimum atomic E-state index is -3.55. The SMILES string of the molecule is CNS(=O)(=O)c1cc(N)ccc1N1CCCC(CCO)C1. The van der Waals surface area contributed by atoms with Gasteiger partial charge < -0.3 is 15.7 Å². The summed E-state index contributed by atoms with van der Waals surface area (Å²) in [6.07, 6.45) is 2.81. The minimum Gasteiger partial charge on any atom is -0.399 e. The summed E-state index contributed by atoms with van der Waals surface area (Å²) in [6, 6.07) is 4.98. The van der Waals surface area contributed by atoms with Crippen LogP contribution in [0.5, 0.6) is 0 Å². The first kappa shape index (κ1) is 16.1. The highest BCUT2D eigenvalue weighted by molar-refractivity contribution is 7.89. The molecular formula is C14H23N3O3S. The summed E-state index contributed by atoms with van der Waals surface area (Å²) < 4.78 is 26.7. The molecule has 0 amide bonds. The standard InChI is InChI=1S/C14H23N3O3S/c1-16-21(19,20)14-9-12(15)4-5-13(14)17-7-2-3-11(10-17)6-8-18/h4-5,9,11,16,18H,2-3,6-8,10,15H2,1H3. The molecule has 1 aliphatic rings. The summed E-state index contributed by atoms with van der Waals surface area (Å²) in [5.74, 6) is 0.395. The summed E-state index contributed by atoms with van der Waals surface area (Å²) in [6.45, 7) is 1.75. The van der Waals surface area contributed by atoms with Crippen LogP contribution in [0.25, 0.3) is 0 Å². The molecule has 7 heteroatoms. The van der Waals surface area contributed by atoms with Gasteiger partial charge in [-0.25, -0.2) is 13.1 Å². The molecule has 1 aliphatic heterocycles. The topological polar surface area (TPSA) is 95.7 Å². The smallest absolute Gasteiger partial charge is 0.242 e. The first-order valence-corrected chi connectivity index (χ1v) is 8.65. The first-order chi connectivity index (χ1) is 9.97. The molecule has 1 aromatic carbocycles. The molecule has 1 saturated heterocycles. The second-order valence-electron chi connectivity index (χ2n) is 5.40. The minimum absolute atomic E-state index is 0.169. The van der Waals surface area contributed by atoms with E-state index < -0.39 is 10.0 Å². The van der Waals surface area contributed by atoms with E-state index in [2.05, 4.69) is 9.62 Å². The van der Waals surface area contributed by atoms with Crippen molar-refractivity contribution in [3.05, 3.63) is 18.2 Å². The van der Waals surface area contributed by atoms with Crippen molar-refractivity contribution < 1.29 is 13.5 Å². The molecule has 21 heavy (non-hydrogen) atoms. The maximum Gasteiger partial charge on any atom is 0.242 e. The van der Waals surface area contributed by atoms with Gasteiger partial charge in [0.25, 0.3) is 0 Å². The van der Waals surface area contributed by atoms with E-state index in [9.17, 15) is 8.42 Å². The van der Waals surface area contributed by atoms with Gasteiger partial charge in [0.2, 0.25) is 10.0 Å². The van der Waals surface area contributed by atoms with Gasteiger partial charge in [0.05, 0.1) is 5.69 Å². The average Bonchev–Trinajstić information content (AvgIpc) is 2.48. The fraction of sp³-hybridized carbons (Fsp3) is 0.571. The summed E-state index contributed by atoms with van der Waals surface area (Å²) in [7, 11) is -2.16. The van der Waals surface area contributed by atoms with Crippen molar-refractivity contribution in [1.82, 2.24) is 4.72 Å². The van der Waals surface area contributed by atoms with Gasteiger partial charge >= 0.3 is 0 Å². The summed E-state index contributed by atoms with van der Waals surface area (Å²) >= 11 is 0. The summed E-state index contributed by atoms with van der Waals surface area (Å²) in [4.78, 5) is 2.29. The fourth-order valence-corrected chi connectivity index (χ4v) is 3.80.